The molecule has 0 aromatic heterocycles. The summed E-state index contributed by atoms with van der Waals surface area (Å²) in [7, 11) is 0. The molecular weight excluding hydrogens is 743 g/mol. The van der Waals surface area contributed by atoms with Gasteiger partial charge in [-0.3, -0.25) is 9.59 Å². The summed E-state index contributed by atoms with van der Waals surface area (Å²) in [5.74, 6) is -0.552. The number of esters is 1. The first kappa shape index (κ1) is 57.3. The summed E-state index contributed by atoms with van der Waals surface area (Å²) in [6.45, 7) is 6.33. The molecule has 0 saturated carbocycles. The van der Waals surface area contributed by atoms with Crippen LogP contribution < -0.4 is 5.32 Å². The molecule has 3 N–H and O–H groups in total. The molecule has 0 heterocycles. The second kappa shape index (κ2) is 47.4. The molecular formula is C54H95NO5. The Kier molecular flexibility index (Phi) is 45.2. The third kappa shape index (κ3) is 42.0. The molecule has 0 bridgehead atoms. The number of rotatable bonds is 44. The van der Waals surface area contributed by atoms with Crippen molar-refractivity contribution in [3.63, 3.8) is 0 Å². The first-order chi connectivity index (χ1) is 29.5. The largest absolute Gasteiger partial charge is 0.462 e. The van der Waals surface area contributed by atoms with Gasteiger partial charge in [0.05, 0.1) is 25.2 Å². The third-order valence-electron chi connectivity index (χ3n) is 11.0. The van der Waals surface area contributed by atoms with Crippen LogP contribution in [0.2, 0.25) is 0 Å². The number of allylic oxidation sites excluding steroid dienone is 12. The summed E-state index contributed by atoms with van der Waals surface area (Å²) >= 11 is 0. The maximum Gasteiger partial charge on any atom is 0.306 e. The number of hydrogen-bond acceptors (Lipinski definition) is 5. The number of carbonyl (C=O) groups excluding carboxylic acids is 2. The van der Waals surface area contributed by atoms with E-state index in [0.717, 1.165) is 96.3 Å². The Balaban J connectivity index is 4.74. The highest BCUT2D eigenvalue weighted by molar-refractivity contribution is 5.77. The van der Waals surface area contributed by atoms with Gasteiger partial charge in [-0.05, 0) is 89.9 Å². The van der Waals surface area contributed by atoms with E-state index in [0.29, 0.717) is 19.3 Å². The van der Waals surface area contributed by atoms with Gasteiger partial charge in [-0.25, -0.2) is 0 Å². The maximum absolute atomic E-state index is 13.2. The van der Waals surface area contributed by atoms with E-state index in [9.17, 15) is 19.8 Å². The molecule has 6 heteroatoms. The smallest absolute Gasteiger partial charge is 0.306 e. The number of hydrogen-bond donors (Lipinski definition) is 3. The molecule has 0 aromatic carbocycles. The lowest BCUT2D eigenvalue weighted by Gasteiger charge is -2.24. The normalized spacial score (nSPS) is 13.9. The van der Waals surface area contributed by atoms with Crippen LogP contribution in [-0.2, 0) is 14.3 Å². The molecule has 0 aromatic rings. The van der Waals surface area contributed by atoms with Crippen LogP contribution in [0.3, 0.4) is 0 Å². The van der Waals surface area contributed by atoms with Gasteiger partial charge in [-0.1, -0.05) is 203 Å². The minimum Gasteiger partial charge on any atom is -0.462 e. The summed E-state index contributed by atoms with van der Waals surface area (Å²) in [6, 6.07) is -0.724. The minimum atomic E-state index is -0.806. The number of nitrogens with one attached hydrogen (secondary N) is 1. The van der Waals surface area contributed by atoms with Gasteiger partial charge in [0.1, 0.15) is 6.10 Å². The number of ether oxygens (including phenoxy) is 1. The van der Waals surface area contributed by atoms with Crippen LogP contribution in [0.1, 0.15) is 233 Å². The predicted octanol–water partition coefficient (Wildman–Crippen LogP) is 15.0. The molecule has 0 saturated heterocycles. The van der Waals surface area contributed by atoms with E-state index in [1.54, 1.807) is 0 Å². The predicted molar refractivity (Wildman–Crippen MR) is 259 cm³/mol. The molecule has 0 aliphatic heterocycles. The first-order valence-corrected chi connectivity index (χ1v) is 25.2. The zero-order chi connectivity index (χ0) is 43.8. The van der Waals surface area contributed by atoms with Crippen molar-refractivity contribution >= 4 is 11.9 Å². The lowest BCUT2D eigenvalue weighted by Crippen LogP contribution is -2.46. The van der Waals surface area contributed by atoms with E-state index < -0.39 is 18.2 Å². The third-order valence-corrected chi connectivity index (χ3v) is 11.0. The summed E-state index contributed by atoms with van der Waals surface area (Å²) in [5.41, 5.74) is 0. The van der Waals surface area contributed by atoms with Gasteiger partial charge < -0.3 is 20.3 Å². The van der Waals surface area contributed by atoms with Gasteiger partial charge in [0, 0.05) is 6.42 Å². The van der Waals surface area contributed by atoms with E-state index in [1.165, 1.54) is 89.9 Å². The Morgan fingerprint density at radius 3 is 1.42 bits per heavy atom. The molecule has 3 atom stereocenters. The van der Waals surface area contributed by atoms with Gasteiger partial charge in [0.15, 0.2) is 0 Å². The number of aliphatic hydroxyl groups is 2. The second-order valence-corrected chi connectivity index (χ2v) is 16.8. The lowest BCUT2D eigenvalue weighted by molar-refractivity contribution is -0.151. The van der Waals surface area contributed by atoms with Gasteiger partial charge in [-0.15, -0.1) is 0 Å². The lowest BCUT2D eigenvalue weighted by atomic mass is 10.0. The Bertz CT molecular complexity index is 1120. The van der Waals surface area contributed by atoms with Crippen molar-refractivity contribution in [1.29, 1.82) is 0 Å². The summed E-state index contributed by atoms with van der Waals surface area (Å²) in [5, 5.41) is 23.7. The molecule has 6 nitrogen and oxygen atoms in total. The Hall–Kier alpha value is -2.70. The van der Waals surface area contributed by atoms with E-state index in [-0.39, 0.29) is 24.9 Å². The van der Waals surface area contributed by atoms with Crippen molar-refractivity contribution in [2.24, 2.45) is 0 Å². The highest BCUT2D eigenvalue weighted by Crippen LogP contribution is 2.16. The van der Waals surface area contributed by atoms with E-state index in [1.807, 2.05) is 0 Å². The van der Waals surface area contributed by atoms with E-state index in [2.05, 4.69) is 99.0 Å². The average molecular weight is 838 g/mol. The highest BCUT2D eigenvalue weighted by atomic mass is 16.5. The quantitative estimate of drug-likeness (QED) is 0.0323. The van der Waals surface area contributed by atoms with Crippen molar-refractivity contribution in [1.82, 2.24) is 5.32 Å². The standard InChI is InChI=1S/C54H95NO5/c1-4-7-10-13-16-19-22-24-25-26-27-29-31-33-36-39-42-45-50(60-54(59)47-44-41-38-35-32-28-23-20-17-14-11-8-5-2)48-53(58)55-51(49-56)52(57)46-43-40-37-34-30-21-18-15-12-9-6-3/h7,10,16,19,24-25,27-29,32-33,36,50-52,56-57H,4-6,8-9,11-15,17-18,20-23,26,30-31,34-35,37-49H2,1-3H3,(H,55,58)/b10-7-,19-16-,25-24-,29-27-,32-28-,36-33-. The van der Waals surface area contributed by atoms with Crippen molar-refractivity contribution < 1.29 is 24.5 Å². The fourth-order valence-electron chi connectivity index (χ4n) is 7.22. The van der Waals surface area contributed by atoms with Crippen LogP contribution in [0.4, 0.5) is 0 Å². The Labute approximate surface area is 371 Å². The molecule has 0 spiro atoms. The van der Waals surface area contributed by atoms with Gasteiger partial charge >= 0.3 is 5.97 Å². The first-order valence-electron chi connectivity index (χ1n) is 25.2. The summed E-state index contributed by atoms with van der Waals surface area (Å²) in [6.07, 6.45) is 59.6. The maximum atomic E-state index is 13.2. The molecule has 0 aliphatic carbocycles. The SMILES string of the molecule is CC/C=C\C/C=C\C/C=C\C/C=C\C/C=C\CCCC(CC(=O)NC(CO)C(O)CCCCCCCCCCCCC)OC(=O)CCCCC/C=C\CCCCCCCC. The molecule has 60 heavy (non-hydrogen) atoms. The van der Waals surface area contributed by atoms with Gasteiger partial charge in [0.2, 0.25) is 5.91 Å². The topological polar surface area (TPSA) is 95.9 Å². The fourth-order valence-corrected chi connectivity index (χ4v) is 7.22. The summed E-state index contributed by atoms with van der Waals surface area (Å²) in [4.78, 5) is 26.1. The molecule has 0 fully saturated rings. The zero-order valence-electron chi connectivity index (χ0n) is 39.3. The Morgan fingerprint density at radius 2 is 0.917 bits per heavy atom. The number of carbonyl (C=O) groups is 2. The number of unbranched alkanes of at least 4 members (excludes halogenated alkanes) is 20. The van der Waals surface area contributed by atoms with Crippen molar-refractivity contribution in [2.75, 3.05) is 6.61 Å². The minimum absolute atomic E-state index is 0.0302. The van der Waals surface area contributed by atoms with Gasteiger partial charge in [-0.2, -0.15) is 0 Å². The highest BCUT2D eigenvalue weighted by Gasteiger charge is 2.24. The van der Waals surface area contributed by atoms with Crippen LogP contribution >= 0.6 is 0 Å². The van der Waals surface area contributed by atoms with Crippen LogP contribution in [0.5, 0.6) is 0 Å². The van der Waals surface area contributed by atoms with Gasteiger partial charge in [0.25, 0.3) is 0 Å². The van der Waals surface area contributed by atoms with Crippen molar-refractivity contribution in [3.05, 3.63) is 72.9 Å². The fraction of sp³-hybridized carbons (Fsp3) is 0.741. The zero-order valence-corrected chi connectivity index (χ0v) is 39.3. The number of amides is 1. The Morgan fingerprint density at radius 1 is 0.500 bits per heavy atom. The monoisotopic (exact) mass is 838 g/mol. The van der Waals surface area contributed by atoms with Crippen molar-refractivity contribution in [2.45, 2.75) is 251 Å². The molecule has 0 rings (SSSR count). The molecule has 1 amide bonds. The second-order valence-electron chi connectivity index (χ2n) is 16.8. The van der Waals surface area contributed by atoms with Crippen LogP contribution in [0.15, 0.2) is 72.9 Å². The molecule has 3 unspecified atom stereocenters. The molecule has 0 aliphatic rings. The molecule has 346 valence electrons. The summed E-state index contributed by atoms with van der Waals surface area (Å²) < 4.78 is 5.89. The van der Waals surface area contributed by atoms with Crippen LogP contribution in [0.25, 0.3) is 0 Å². The molecule has 0 radical (unpaired) electrons. The average Bonchev–Trinajstić information content (AvgIpc) is 3.24. The van der Waals surface area contributed by atoms with E-state index >= 15 is 0 Å². The van der Waals surface area contributed by atoms with Crippen LogP contribution in [0, 0.1) is 0 Å². The van der Waals surface area contributed by atoms with E-state index in [4.69, 9.17) is 4.74 Å². The van der Waals surface area contributed by atoms with Crippen LogP contribution in [-0.4, -0.2) is 46.9 Å². The number of aliphatic hydroxyl groups excluding tert-OH is 2. The van der Waals surface area contributed by atoms with Crippen molar-refractivity contribution in [3.8, 4) is 0 Å².